The fourth-order valence-electron chi connectivity index (χ4n) is 3.77. The minimum absolute atomic E-state index is 0.227. The number of carbonyl (C=O) groups is 3. The van der Waals surface area contributed by atoms with Crippen molar-refractivity contribution in [1.82, 2.24) is 31.2 Å². The van der Waals surface area contributed by atoms with E-state index >= 15 is 0 Å². The Hall–Kier alpha value is -3.34. The highest BCUT2D eigenvalue weighted by molar-refractivity contribution is 7.13. The van der Waals surface area contributed by atoms with E-state index in [0.29, 0.717) is 41.5 Å². The van der Waals surface area contributed by atoms with Gasteiger partial charge in [-0.3, -0.25) is 19.4 Å². The summed E-state index contributed by atoms with van der Waals surface area (Å²) in [5.41, 5.74) is 0.513. The first-order valence-corrected chi connectivity index (χ1v) is 12.4. The zero-order valence-corrected chi connectivity index (χ0v) is 20.4. The number of amides is 3. The molecule has 11 heteroatoms. The summed E-state index contributed by atoms with van der Waals surface area (Å²) in [5, 5.41) is 14.7. The van der Waals surface area contributed by atoms with Crippen LogP contribution in [0.1, 0.15) is 33.7 Å². The second-order valence-electron chi connectivity index (χ2n) is 8.08. The Bertz CT molecular complexity index is 1180. The lowest BCUT2D eigenvalue weighted by molar-refractivity contribution is -0.128. The molecule has 4 rings (SSSR count). The number of piperidine rings is 1. The van der Waals surface area contributed by atoms with Crippen molar-refractivity contribution in [3.63, 3.8) is 0 Å². The van der Waals surface area contributed by atoms with Gasteiger partial charge in [-0.25, -0.2) is 4.98 Å². The SMILES string of the molecule is O=C(NCCNC(=O)C1(NC(=O)c2csc(-c3cccnc3)n2)CCNCC1)c1ccc(Cl)cc1. The minimum atomic E-state index is -1.05. The predicted molar refractivity (Wildman–Crippen MR) is 134 cm³/mol. The summed E-state index contributed by atoms with van der Waals surface area (Å²) in [5.74, 6) is -0.936. The van der Waals surface area contributed by atoms with Crippen molar-refractivity contribution in [2.45, 2.75) is 18.4 Å². The highest BCUT2D eigenvalue weighted by atomic mass is 35.5. The standard InChI is InChI=1S/C24H25ClN6O3S/c25-18-5-3-16(4-6-18)20(32)28-12-13-29-23(34)24(7-10-26-11-8-24)31-21(33)19-15-35-22(30-19)17-2-1-9-27-14-17/h1-6,9,14-15,26H,7-8,10-13H2,(H,28,32)(H,29,34)(H,31,33). The molecule has 0 aliphatic carbocycles. The monoisotopic (exact) mass is 512 g/mol. The van der Waals surface area contributed by atoms with E-state index in [-0.39, 0.29) is 30.6 Å². The molecule has 0 radical (unpaired) electrons. The average molecular weight is 513 g/mol. The quantitative estimate of drug-likeness (QED) is 0.343. The van der Waals surface area contributed by atoms with Gasteiger partial charge in [0.15, 0.2) is 0 Å². The lowest BCUT2D eigenvalue weighted by atomic mass is 9.87. The molecule has 1 aromatic carbocycles. The largest absolute Gasteiger partial charge is 0.352 e. The average Bonchev–Trinajstić information content (AvgIpc) is 3.38. The molecule has 3 amide bonds. The van der Waals surface area contributed by atoms with Gasteiger partial charge in [0.2, 0.25) is 5.91 Å². The maximum absolute atomic E-state index is 13.2. The summed E-state index contributed by atoms with van der Waals surface area (Å²) in [4.78, 5) is 46.9. The van der Waals surface area contributed by atoms with Crippen LogP contribution < -0.4 is 21.3 Å². The van der Waals surface area contributed by atoms with Crippen LogP contribution in [-0.4, -0.2) is 59.4 Å². The number of hydrogen-bond acceptors (Lipinski definition) is 7. The van der Waals surface area contributed by atoms with Crippen LogP contribution in [0.4, 0.5) is 0 Å². The lowest BCUT2D eigenvalue weighted by Gasteiger charge is -2.36. The first-order chi connectivity index (χ1) is 17.0. The molecule has 1 saturated heterocycles. The van der Waals surface area contributed by atoms with Crippen LogP contribution in [-0.2, 0) is 4.79 Å². The number of rotatable bonds is 8. The fraction of sp³-hybridized carbons (Fsp3) is 0.292. The van der Waals surface area contributed by atoms with E-state index in [1.54, 1.807) is 42.0 Å². The molecular formula is C24H25ClN6O3S. The van der Waals surface area contributed by atoms with E-state index in [4.69, 9.17) is 11.6 Å². The third kappa shape index (κ3) is 6.21. The predicted octanol–water partition coefficient (Wildman–Crippen LogP) is 2.26. The van der Waals surface area contributed by atoms with Crippen LogP contribution in [0.5, 0.6) is 0 Å². The molecule has 0 saturated carbocycles. The Morgan fingerprint density at radius 1 is 1.03 bits per heavy atom. The van der Waals surface area contributed by atoms with Crippen molar-refractivity contribution in [3.8, 4) is 10.6 Å². The van der Waals surface area contributed by atoms with Gasteiger partial charge in [0.05, 0.1) is 0 Å². The van der Waals surface area contributed by atoms with E-state index < -0.39 is 11.4 Å². The van der Waals surface area contributed by atoms with Gasteiger partial charge in [-0.15, -0.1) is 11.3 Å². The maximum Gasteiger partial charge on any atom is 0.271 e. The molecule has 0 spiro atoms. The van der Waals surface area contributed by atoms with Gasteiger partial charge in [-0.1, -0.05) is 11.6 Å². The third-order valence-electron chi connectivity index (χ3n) is 5.69. The van der Waals surface area contributed by atoms with Crippen LogP contribution in [0.15, 0.2) is 54.2 Å². The van der Waals surface area contributed by atoms with Crippen molar-refractivity contribution in [1.29, 1.82) is 0 Å². The summed E-state index contributed by atoms with van der Waals surface area (Å²) in [6, 6.07) is 10.2. The summed E-state index contributed by atoms with van der Waals surface area (Å²) in [6.07, 6.45) is 4.25. The molecule has 2 aromatic heterocycles. The van der Waals surface area contributed by atoms with Gasteiger partial charge in [-0.05, 0) is 62.3 Å². The van der Waals surface area contributed by atoms with E-state index in [1.165, 1.54) is 11.3 Å². The second-order valence-corrected chi connectivity index (χ2v) is 9.38. The zero-order chi connectivity index (χ0) is 24.7. The minimum Gasteiger partial charge on any atom is -0.352 e. The van der Waals surface area contributed by atoms with Crippen molar-refractivity contribution in [2.24, 2.45) is 0 Å². The molecule has 0 bridgehead atoms. The van der Waals surface area contributed by atoms with Gasteiger partial charge >= 0.3 is 0 Å². The maximum atomic E-state index is 13.2. The molecule has 0 unspecified atom stereocenters. The molecule has 4 N–H and O–H groups in total. The van der Waals surface area contributed by atoms with Gasteiger partial charge < -0.3 is 21.3 Å². The fourth-order valence-corrected chi connectivity index (χ4v) is 4.69. The number of nitrogens with one attached hydrogen (secondary N) is 4. The summed E-state index contributed by atoms with van der Waals surface area (Å²) < 4.78 is 0. The first kappa shape index (κ1) is 24.8. The Balaban J connectivity index is 1.34. The number of benzene rings is 1. The van der Waals surface area contributed by atoms with Crippen molar-refractivity contribution >= 4 is 40.7 Å². The van der Waals surface area contributed by atoms with E-state index in [9.17, 15) is 14.4 Å². The number of carbonyl (C=O) groups excluding carboxylic acids is 3. The topological polar surface area (TPSA) is 125 Å². The zero-order valence-electron chi connectivity index (χ0n) is 18.8. The van der Waals surface area contributed by atoms with E-state index in [2.05, 4.69) is 31.2 Å². The smallest absolute Gasteiger partial charge is 0.271 e. The molecule has 182 valence electrons. The van der Waals surface area contributed by atoms with Crippen LogP contribution in [0.3, 0.4) is 0 Å². The molecule has 9 nitrogen and oxygen atoms in total. The first-order valence-electron chi connectivity index (χ1n) is 11.2. The Labute approximate surface area is 211 Å². The van der Waals surface area contributed by atoms with Crippen LogP contribution in [0, 0.1) is 0 Å². The molecule has 1 aliphatic heterocycles. The highest BCUT2D eigenvalue weighted by Crippen LogP contribution is 2.24. The number of hydrogen-bond donors (Lipinski definition) is 4. The Morgan fingerprint density at radius 2 is 1.77 bits per heavy atom. The van der Waals surface area contributed by atoms with Crippen LogP contribution in [0.25, 0.3) is 10.6 Å². The third-order valence-corrected chi connectivity index (χ3v) is 6.84. The molecule has 0 atom stereocenters. The molecule has 1 aliphatic rings. The van der Waals surface area contributed by atoms with Gasteiger partial charge in [0.1, 0.15) is 16.2 Å². The highest BCUT2D eigenvalue weighted by Gasteiger charge is 2.41. The number of aromatic nitrogens is 2. The molecule has 1 fully saturated rings. The number of nitrogens with zero attached hydrogens (tertiary/aromatic N) is 2. The summed E-state index contributed by atoms with van der Waals surface area (Å²) in [6.45, 7) is 1.67. The molecule has 3 heterocycles. The number of thiazole rings is 1. The van der Waals surface area contributed by atoms with E-state index in [0.717, 1.165) is 5.56 Å². The second kappa shape index (κ2) is 11.4. The molecule has 35 heavy (non-hydrogen) atoms. The van der Waals surface area contributed by atoms with E-state index in [1.807, 2.05) is 12.1 Å². The number of halogens is 1. The lowest BCUT2D eigenvalue weighted by Crippen LogP contribution is -2.63. The molecule has 3 aromatic rings. The van der Waals surface area contributed by atoms with Crippen molar-refractivity contribution in [2.75, 3.05) is 26.2 Å². The van der Waals surface area contributed by atoms with Gasteiger partial charge in [-0.2, -0.15) is 0 Å². The summed E-state index contributed by atoms with van der Waals surface area (Å²) >= 11 is 7.20. The Kier molecular flexibility index (Phi) is 8.06. The van der Waals surface area contributed by atoms with Crippen LogP contribution in [0.2, 0.25) is 5.02 Å². The normalized spacial score (nSPS) is 14.7. The van der Waals surface area contributed by atoms with Gasteiger partial charge in [0, 0.05) is 47.0 Å². The van der Waals surface area contributed by atoms with Crippen molar-refractivity contribution < 1.29 is 14.4 Å². The van der Waals surface area contributed by atoms with Crippen molar-refractivity contribution in [3.05, 3.63) is 70.5 Å². The number of pyridine rings is 1. The summed E-state index contributed by atoms with van der Waals surface area (Å²) in [7, 11) is 0. The van der Waals surface area contributed by atoms with Gasteiger partial charge in [0.25, 0.3) is 11.8 Å². The Morgan fingerprint density at radius 3 is 2.49 bits per heavy atom. The van der Waals surface area contributed by atoms with Crippen LogP contribution >= 0.6 is 22.9 Å². The molecular weight excluding hydrogens is 488 g/mol.